The molecule has 1 N–H and O–H groups in total. The lowest BCUT2D eigenvalue weighted by Crippen LogP contribution is -2.28. The molecule has 3 aromatic rings. The van der Waals surface area contributed by atoms with Crippen molar-refractivity contribution in [2.24, 2.45) is 5.10 Å². The number of aryl methyl sites for hydroxylation is 1. The maximum absolute atomic E-state index is 12.7. The number of benzene rings is 2. The Morgan fingerprint density at radius 2 is 1.89 bits per heavy atom. The first-order valence-corrected chi connectivity index (χ1v) is 8.98. The van der Waals surface area contributed by atoms with Gasteiger partial charge in [-0.1, -0.05) is 41.4 Å². The van der Waals surface area contributed by atoms with Gasteiger partial charge in [0.25, 0.3) is 11.5 Å². The minimum absolute atomic E-state index is 0.126. The smallest absolute Gasteiger partial charge is 0.267 e. The highest BCUT2D eigenvalue weighted by molar-refractivity contribution is 6.36. The minimum Gasteiger partial charge on any atom is -0.267 e. The van der Waals surface area contributed by atoms with E-state index in [0.29, 0.717) is 38.6 Å². The van der Waals surface area contributed by atoms with Crippen LogP contribution in [0, 0.1) is 0 Å². The molecule has 0 spiro atoms. The summed E-state index contributed by atoms with van der Waals surface area (Å²) in [4.78, 5) is 25.0. The number of halogens is 2. The van der Waals surface area contributed by atoms with E-state index in [4.69, 9.17) is 23.2 Å². The van der Waals surface area contributed by atoms with Crippen LogP contribution in [0.2, 0.25) is 10.0 Å². The first kappa shape index (κ1) is 19.1. The molecule has 1 amide bonds. The molecule has 1 aromatic heterocycles. The Morgan fingerprint density at radius 1 is 1.19 bits per heavy atom. The van der Waals surface area contributed by atoms with E-state index in [0.717, 1.165) is 0 Å². The minimum atomic E-state index is -0.522. The van der Waals surface area contributed by atoms with Crippen molar-refractivity contribution in [2.45, 2.75) is 20.4 Å². The summed E-state index contributed by atoms with van der Waals surface area (Å²) in [6.45, 7) is 3.84. The highest BCUT2D eigenvalue weighted by Gasteiger charge is 2.16. The average molecular weight is 403 g/mol. The number of nitrogens with zero attached hydrogens (tertiary/aromatic N) is 3. The number of carbonyl (C=O) groups is 1. The van der Waals surface area contributed by atoms with Gasteiger partial charge in [-0.3, -0.25) is 9.59 Å². The van der Waals surface area contributed by atoms with Crippen LogP contribution in [0.1, 0.15) is 29.9 Å². The predicted molar refractivity (Wildman–Crippen MR) is 108 cm³/mol. The molecule has 27 heavy (non-hydrogen) atoms. The number of hydrogen-bond donors (Lipinski definition) is 1. The molecule has 0 aliphatic heterocycles. The monoisotopic (exact) mass is 402 g/mol. The Bertz CT molecular complexity index is 1120. The topological polar surface area (TPSA) is 76.3 Å². The van der Waals surface area contributed by atoms with Crippen molar-refractivity contribution in [2.75, 3.05) is 0 Å². The number of nitrogens with one attached hydrogen (secondary N) is 1. The third-order valence-electron chi connectivity index (χ3n) is 4.03. The molecular weight excluding hydrogens is 387 g/mol. The number of fused-ring (bicyclic) bond motifs is 1. The van der Waals surface area contributed by atoms with Crippen LogP contribution in [0.5, 0.6) is 0 Å². The fourth-order valence-corrected chi connectivity index (χ4v) is 3.07. The van der Waals surface area contributed by atoms with E-state index >= 15 is 0 Å². The van der Waals surface area contributed by atoms with E-state index in [1.165, 1.54) is 4.68 Å². The highest BCUT2D eigenvalue weighted by Crippen LogP contribution is 2.21. The van der Waals surface area contributed by atoms with Crippen LogP contribution in [-0.2, 0) is 6.54 Å². The van der Waals surface area contributed by atoms with Gasteiger partial charge in [0.1, 0.15) is 0 Å². The standard InChI is InChI=1S/C19H16Cl2N4O2/c1-3-25-19(27)14-7-5-4-6-13(14)17(24-25)18(26)23-22-11(2)15-10-12(20)8-9-16(15)21/h4-10H,3H2,1-2H3,(H,23,26)/b22-11-. The lowest BCUT2D eigenvalue weighted by molar-refractivity contribution is 0.0949. The zero-order valence-electron chi connectivity index (χ0n) is 14.7. The second-order valence-electron chi connectivity index (χ2n) is 5.78. The second-order valence-corrected chi connectivity index (χ2v) is 6.62. The Kier molecular flexibility index (Phi) is 5.58. The molecule has 0 aliphatic carbocycles. The molecule has 0 saturated carbocycles. The van der Waals surface area contributed by atoms with E-state index in [1.54, 1.807) is 56.3 Å². The number of hydrogen-bond acceptors (Lipinski definition) is 4. The largest absolute Gasteiger partial charge is 0.292 e. The third-order valence-corrected chi connectivity index (χ3v) is 4.59. The fraction of sp³-hybridized carbons (Fsp3) is 0.158. The van der Waals surface area contributed by atoms with Crippen molar-refractivity contribution in [1.29, 1.82) is 0 Å². The molecular formula is C19H16Cl2N4O2. The van der Waals surface area contributed by atoms with Crippen molar-refractivity contribution in [3.05, 3.63) is 74.1 Å². The normalized spacial score (nSPS) is 11.6. The van der Waals surface area contributed by atoms with Gasteiger partial charge < -0.3 is 0 Å². The van der Waals surface area contributed by atoms with Crippen LogP contribution < -0.4 is 11.0 Å². The summed E-state index contributed by atoms with van der Waals surface area (Å²) in [5, 5.41) is 10.2. The fourth-order valence-electron chi connectivity index (χ4n) is 2.64. The number of hydrazone groups is 1. The number of rotatable bonds is 4. The molecule has 0 fully saturated rings. The van der Waals surface area contributed by atoms with Gasteiger partial charge >= 0.3 is 0 Å². The first-order chi connectivity index (χ1) is 12.9. The van der Waals surface area contributed by atoms with E-state index in [2.05, 4.69) is 15.6 Å². The van der Waals surface area contributed by atoms with Crippen molar-refractivity contribution >= 4 is 45.6 Å². The predicted octanol–water partition coefficient (Wildman–Crippen LogP) is 3.88. The van der Waals surface area contributed by atoms with Gasteiger partial charge in [0.2, 0.25) is 0 Å². The molecule has 3 rings (SSSR count). The molecule has 0 saturated heterocycles. The molecule has 0 atom stereocenters. The maximum atomic E-state index is 12.7. The summed E-state index contributed by atoms with van der Waals surface area (Å²) < 4.78 is 1.25. The zero-order chi connectivity index (χ0) is 19.6. The zero-order valence-corrected chi connectivity index (χ0v) is 16.2. The Labute approximate surface area is 165 Å². The van der Waals surface area contributed by atoms with Gasteiger partial charge in [-0.25, -0.2) is 10.1 Å². The van der Waals surface area contributed by atoms with E-state index < -0.39 is 5.91 Å². The van der Waals surface area contributed by atoms with Crippen LogP contribution >= 0.6 is 23.2 Å². The summed E-state index contributed by atoms with van der Waals surface area (Å²) in [7, 11) is 0. The number of amides is 1. The lowest BCUT2D eigenvalue weighted by atomic mass is 10.1. The van der Waals surface area contributed by atoms with E-state index in [-0.39, 0.29) is 11.3 Å². The molecule has 8 heteroatoms. The summed E-state index contributed by atoms with van der Waals surface area (Å²) in [6.07, 6.45) is 0. The average Bonchev–Trinajstić information content (AvgIpc) is 2.68. The van der Waals surface area contributed by atoms with Gasteiger partial charge in [0.15, 0.2) is 5.69 Å². The van der Waals surface area contributed by atoms with Crippen molar-refractivity contribution < 1.29 is 4.79 Å². The van der Waals surface area contributed by atoms with E-state index in [9.17, 15) is 9.59 Å². The Morgan fingerprint density at radius 3 is 2.59 bits per heavy atom. The van der Waals surface area contributed by atoms with Gasteiger partial charge in [-0.2, -0.15) is 10.2 Å². The van der Waals surface area contributed by atoms with Crippen molar-refractivity contribution in [3.8, 4) is 0 Å². The molecule has 0 radical (unpaired) electrons. The van der Waals surface area contributed by atoms with Crippen LogP contribution in [0.4, 0.5) is 0 Å². The second kappa shape index (κ2) is 7.90. The van der Waals surface area contributed by atoms with E-state index in [1.807, 2.05) is 0 Å². The quantitative estimate of drug-likeness (QED) is 0.531. The Hall–Kier alpha value is -2.70. The van der Waals surface area contributed by atoms with Gasteiger partial charge in [-0.15, -0.1) is 0 Å². The maximum Gasteiger partial charge on any atom is 0.292 e. The molecule has 1 heterocycles. The summed E-state index contributed by atoms with van der Waals surface area (Å²) in [5.74, 6) is -0.522. The van der Waals surface area contributed by atoms with Crippen LogP contribution in [0.3, 0.4) is 0 Å². The molecule has 2 aromatic carbocycles. The summed E-state index contributed by atoms with van der Waals surface area (Å²) in [6, 6.07) is 11.8. The lowest BCUT2D eigenvalue weighted by Gasteiger charge is -2.09. The summed E-state index contributed by atoms with van der Waals surface area (Å²) in [5.41, 5.74) is 3.46. The van der Waals surface area contributed by atoms with Gasteiger partial charge in [-0.05, 0) is 38.1 Å². The molecule has 0 bridgehead atoms. The summed E-state index contributed by atoms with van der Waals surface area (Å²) >= 11 is 12.1. The SMILES string of the molecule is CCn1nc(C(=O)N/N=C(/C)c2cc(Cl)ccc2Cl)c2ccccc2c1=O. The molecule has 138 valence electrons. The van der Waals surface area contributed by atoms with Crippen LogP contribution in [-0.4, -0.2) is 21.4 Å². The van der Waals surface area contributed by atoms with Gasteiger partial charge in [0.05, 0.1) is 11.1 Å². The molecule has 6 nitrogen and oxygen atoms in total. The van der Waals surface area contributed by atoms with Crippen LogP contribution in [0.25, 0.3) is 10.8 Å². The molecule has 0 unspecified atom stereocenters. The van der Waals surface area contributed by atoms with Crippen molar-refractivity contribution in [3.63, 3.8) is 0 Å². The molecule has 0 aliphatic rings. The number of carbonyl (C=O) groups excluding carboxylic acids is 1. The van der Waals surface area contributed by atoms with Gasteiger partial charge in [0, 0.05) is 27.5 Å². The Balaban J connectivity index is 1.98. The van der Waals surface area contributed by atoms with Crippen LogP contribution in [0.15, 0.2) is 52.4 Å². The number of aromatic nitrogens is 2. The third kappa shape index (κ3) is 3.86. The highest BCUT2D eigenvalue weighted by atomic mass is 35.5. The van der Waals surface area contributed by atoms with Crippen molar-refractivity contribution in [1.82, 2.24) is 15.2 Å². The first-order valence-electron chi connectivity index (χ1n) is 8.22.